The number of nitrogens with one attached hydrogen (secondary N) is 1. The fourth-order valence-corrected chi connectivity index (χ4v) is 2.19. The highest BCUT2D eigenvalue weighted by atomic mass is 32.1. The lowest BCUT2D eigenvalue weighted by Crippen LogP contribution is -2.29. The zero-order valence-corrected chi connectivity index (χ0v) is 12.5. The van der Waals surface area contributed by atoms with E-state index in [0.717, 1.165) is 0 Å². The molecule has 0 spiro atoms. The molecule has 0 aliphatic heterocycles. The summed E-state index contributed by atoms with van der Waals surface area (Å²) in [6.07, 6.45) is -0.873. The second-order valence-corrected chi connectivity index (χ2v) is 5.19. The molecule has 0 bridgehead atoms. The first-order valence-corrected chi connectivity index (χ1v) is 7.17. The molecular weight excluding hydrogens is 290 g/mol. The summed E-state index contributed by atoms with van der Waals surface area (Å²) in [4.78, 5) is 24.2. The van der Waals surface area contributed by atoms with Gasteiger partial charge in [-0.05, 0) is 42.6 Å². The first-order chi connectivity index (χ1) is 10.1. The van der Waals surface area contributed by atoms with E-state index in [2.05, 4.69) is 5.32 Å². The molecule has 1 heterocycles. The van der Waals surface area contributed by atoms with E-state index in [0.29, 0.717) is 16.3 Å². The van der Waals surface area contributed by atoms with E-state index in [1.54, 1.807) is 48.9 Å². The molecule has 0 saturated heterocycles. The normalized spacial score (nSPS) is 11.5. The van der Waals surface area contributed by atoms with Crippen LogP contribution in [0.1, 0.15) is 16.6 Å². The number of benzene rings is 1. The molecule has 0 aliphatic carbocycles. The van der Waals surface area contributed by atoms with Gasteiger partial charge in [-0.1, -0.05) is 6.07 Å². The van der Waals surface area contributed by atoms with Crippen molar-refractivity contribution in [2.24, 2.45) is 0 Å². The second kappa shape index (κ2) is 6.90. The fraction of sp³-hybridized carbons (Fsp3) is 0.200. The standard InChI is InChI=1S/C15H15NO4S/c1-10(20-15(18)13-4-3-9-21-13)14(17)16-11-5-7-12(19-2)8-6-11/h3-10H,1-2H3,(H,16,17). The predicted molar refractivity (Wildman–Crippen MR) is 80.8 cm³/mol. The van der Waals surface area contributed by atoms with Crippen LogP contribution < -0.4 is 10.1 Å². The molecule has 2 rings (SSSR count). The van der Waals surface area contributed by atoms with E-state index in [-0.39, 0.29) is 5.91 Å². The Bertz CT molecular complexity index is 607. The molecule has 1 amide bonds. The van der Waals surface area contributed by atoms with Crippen molar-refractivity contribution >= 4 is 28.9 Å². The number of hydrogen-bond donors (Lipinski definition) is 1. The quantitative estimate of drug-likeness (QED) is 0.863. The van der Waals surface area contributed by atoms with E-state index in [4.69, 9.17) is 9.47 Å². The molecule has 1 aromatic carbocycles. The molecule has 1 atom stereocenters. The van der Waals surface area contributed by atoms with Gasteiger partial charge in [-0.25, -0.2) is 4.79 Å². The third kappa shape index (κ3) is 4.06. The molecule has 5 nitrogen and oxygen atoms in total. The molecule has 1 N–H and O–H groups in total. The van der Waals surface area contributed by atoms with Gasteiger partial charge in [-0.3, -0.25) is 4.79 Å². The third-order valence-electron chi connectivity index (χ3n) is 2.73. The third-order valence-corrected chi connectivity index (χ3v) is 3.58. The highest BCUT2D eigenvalue weighted by molar-refractivity contribution is 7.11. The number of carbonyl (C=O) groups excluding carboxylic acids is 2. The van der Waals surface area contributed by atoms with Crippen LogP contribution in [0.25, 0.3) is 0 Å². The lowest BCUT2D eigenvalue weighted by Gasteiger charge is -2.13. The molecular formula is C15H15NO4S. The van der Waals surface area contributed by atoms with Gasteiger partial charge in [0.25, 0.3) is 5.91 Å². The lowest BCUT2D eigenvalue weighted by atomic mass is 10.3. The zero-order valence-electron chi connectivity index (χ0n) is 11.7. The smallest absolute Gasteiger partial charge is 0.349 e. The van der Waals surface area contributed by atoms with Gasteiger partial charge >= 0.3 is 5.97 Å². The molecule has 1 unspecified atom stereocenters. The summed E-state index contributed by atoms with van der Waals surface area (Å²) >= 11 is 1.27. The van der Waals surface area contributed by atoms with Crippen molar-refractivity contribution in [2.45, 2.75) is 13.0 Å². The molecule has 2 aromatic rings. The fourth-order valence-electron chi connectivity index (χ4n) is 1.59. The number of hydrogen-bond acceptors (Lipinski definition) is 5. The molecule has 110 valence electrons. The van der Waals surface area contributed by atoms with E-state index in [1.807, 2.05) is 0 Å². The van der Waals surface area contributed by atoms with Crippen molar-refractivity contribution in [3.63, 3.8) is 0 Å². The lowest BCUT2D eigenvalue weighted by molar-refractivity contribution is -0.123. The Morgan fingerprint density at radius 2 is 1.90 bits per heavy atom. The Hall–Kier alpha value is -2.34. The summed E-state index contributed by atoms with van der Waals surface area (Å²) < 4.78 is 10.1. The molecule has 0 fully saturated rings. The van der Waals surface area contributed by atoms with Gasteiger partial charge in [-0.2, -0.15) is 0 Å². The van der Waals surface area contributed by atoms with E-state index < -0.39 is 12.1 Å². The number of thiophene rings is 1. The van der Waals surface area contributed by atoms with E-state index >= 15 is 0 Å². The summed E-state index contributed by atoms with van der Waals surface area (Å²) in [5, 5.41) is 4.45. The first kappa shape index (κ1) is 15.1. The summed E-state index contributed by atoms with van der Waals surface area (Å²) in [7, 11) is 1.57. The second-order valence-electron chi connectivity index (χ2n) is 4.24. The maximum atomic E-state index is 12.0. The predicted octanol–water partition coefficient (Wildman–Crippen LogP) is 2.94. The molecule has 0 aliphatic rings. The van der Waals surface area contributed by atoms with Crippen LogP contribution in [0.3, 0.4) is 0 Å². The number of amides is 1. The maximum absolute atomic E-state index is 12.0. The van der Waals surface area contributed by atoms with Gasteiger partial charge in [0.1, 0.15) is 10.6 Å². The molecule has 6 heteroatoms. The van der Waals surface area contributed by atoms with Gasteiger partial charge < -0.3 is 14.8 Å². The monoisotopic (exact) mass is 305 g/mol. The van der Waals surface area contributed by atoms with Gasteiger partial charge in [0, 0.05) is 5.69 Å². The van der Waals surface area contributed by atoms with Crippen LogP contribution in [0.5, 0.6) is 5.75 Å². The van der Waals surface area contributed by atoms with E-state index in [1.165, 1.54) is 18.3 Å². The van der Waals surface area contributed by atoms with Gasteiger partial charge in [0.15, 0.2) is 6.10 Å². The zero-order chi connectivity index (χ0) is 15.2. The summed E-state index contributed by atoms with van der Waals surface area (Å²) in [6, 6.07) is 10.3. The van der Waals surface area contributed by atoms with Gasteiger partial charge in [-0.15, -0.1) is 11.3 Å². The Labute approximate surface area is 126 Å². The number of ether oxygens (including phenoxy) is 2. The number of esters is 1. The number of rotatable bonds is 5. The molecule has 1 aromatic heterocycles. The first-order valence-electron chi connectivity index (χ1n) is 6.29. The Balaban J connectivity index is 1.91. The van der Waals surface area contributed by atoms with E-state index in [9.17, 15) is 9.59 Å². The summed E-state index contributed by atoms with van der Waals surface area (Å²) in [5.41, 5.74) is 0.611. The van der Waals surface area contributed by atoms with Crippen LogP contribution in [0.15, 0.2) is 41.8 Å². The minimum Gasteiger partial charge on any atom is -0.497 e. The molecule has 21 heavy (non-hydrogen) atoms. The Morgan fingerprint density at radius 3 is 2.48 bits per heavy atom. The average Bonchev–Trinajstić information content (AvgIpc) is 3.02. The van der Waals surface area contributed by atoms with Crippen molar-refractivity contribution in [1.82, 2.24) is 0 Å². The molecule has 0 radical (unpaired) electrons. The van der Waals surface area contributed by atoms with Crippen LogP contribution in [0, 0.1) is 0 Å². The largest absolute Gasteiger partial charge is 0.497 e. The summed E-state index contributed by atoms with van der Waals surface area (Å²) in [5.74, 6) is -0.183. The Morgan fingerprint density at radius 1 is 1.19 bits per heavy atom. The summed E-state index contributed by atoms with van der Waals surface area (Å²) in [6.45, 7) is 1.53. The van der Waals surface area contributed by atoms with Crippen molar-refractivity contribution in [2.75, 3.05) is 12.4 Å². The molecule has 0 saturated carbocycles. The van der Waals surface area contributed by atoms with Crippen molar-refractivity contribution in [1.29, 1.82) is 0 Å². The van der Waals surface area contributed by atoms with Crippen LogP contribution >= 0.6 is 11.3 Å². The highest BCUT2D eigenvalue weighted by Gasteiger charge is 2.19. The van der Waals surface area contributed by atoms with Crippen LogP contribution in [-0.2, 0) is 9.53 Å². The van der Waals surface area contributed by atoms with Crippen LogP contribution in [0.2, 0.25) is 0 Å². The Kier molecular flexibility index (Phi) is 4.94. The maximum Gasteiger partial charge on any atom is 0.349 e. The van der Waals surface area contributed by atoms with Crippen molar-refractivity contribution in [3.8, 4) is 5.75 Å². The van der Waals surface area contributed by atoms with Crippen LogP contribution in [0.4, 0.5) is 5.69 Å². The topological polar surface area (TPSA) is 64.6 Å². The van der Waals surface area contributed by atoms with Gasteiger partial charge in [0.05, 0.1) is 7.11 Å². The number of carbonyl (C=O) groups is 2. The van der Waals surface area contributed by atoms with Gasteiger partial charge in [0.2, 0.25) is 0 Å². The van der Waals surface area contributed by atoms with Crippen molar-refractivity contribution in [3.05, 3.63) is 46.7 Å². The highest BCUT2D eigenvalue weighted by Crippen LogP contribution is 2.16. The number of methoxy groups -OCH3 is 1. The van der Waals surface area contributed by atoms with Crippen LogP contribution in [-0.4, -0.2) is 25.1 Å². The minimum atomic E-state index is -0.873. The van der Waals surface area contributed by atoms with Crippen molar-refractivity contribution < 1.29 is 19.1 Å². The SMILES string of the molecule is COc1ccc(NC(=O)C(C)OC(=O)c2cccs2)cc1. The average molecular weight is 305 g/mol. The minimum absolute atomic E-state index is 0.384. The number of anilines is 1.